The van der Waals surface area contributed by atoms with E-state index in [0.717, 1.165) is 32.5 Å². The van der Waals surface area contributed by atoms with Gasteiger partial charge in [-0.25, -0.2) is 4.68 Å². The van der Waals surface area contributed by atoms with Crippen LogP contribution < -0.4 is 10.2 Å². The number of nitrogens with zero attached hydrogens (tertiary/aromatic N) is 6. The lowest BCUT2D eigenvalue weighted by atomic mass is 10.1. The van der Waals surface area contributed by atoms with Crippen LogP contribution in [0.25, 0.3) is 5.95 Å². The van der Waals surface area contributed by atoms with Crippen LogP contribution in [0.4, 0.5) is 11.9 Å². The van der Waals surface area contributed by atoms with Crippen molar-refractivity contribution >= 4 is 11.9 Å². The molecule has 0 saturated carbocycles. The van der Waals surface area contributed by atoms with Gasteiger partial charge in [-0.1, -0.05) is 0 Å². The standard InChI is InChI=1S/C13H19N7O/c1-2-14-11-16-12(19-8-4-10(21)5-9-19)18-13(17-11)20-7-3-6-15-20/h3,6-7,10,21H,2,4-5,8-9H2,1H3,(H,14,16,17,18). The first-order chi connectivity index (χ1) is 10.3. The normalized spacial score (nSPS) is 16.2. The molecule has 8 heteroatoms. The Bertz CT molecular complexity index is 578. The van der Waals surface area contributed by atoms with Crippen molar-refractivity contribution in [2.45, 2.75) is 25.9 Å². The fraction of sp³-hybridized carbons (Fsp3) is 0.538. The number of rotatable bonds is 4. The molecule has 0 radical (unpaired) electrons. The summed E-state index contributed by atoms with van der Waals surface area (Å²) in [6, 6.07) is 1.83. The molecule has 0 amide bonds. The SMILES string of the molecule is CCNc1nc(N2CCC(O)CC2)nc(-n2cccn2)n1. The van der Waals surface area contributed by atoms with E-state index in [2.05, 4.69) is 30.3 Å². The molecule has 1 aliphatic rings. The van der Waals surface area contributed by atoms with E-state index >= 15 is 0 Å². The van der Waals surface area contributed by atoms with Gasteiger partial charge in [0.15, 0.2) is 0 Å². The topological polar surface area (TPSA) is 92.0 Å². The van der Waals surface area contributed by atoms with Gasteiger partial charge < -0.3 is 15.3 Å². The third-order valence-corrected chi connectivity index (χ3v) is 3.40. The van der Waals surface area contributed by atoms with E-state index in [1.807, 2.05) is 13.0 Å². The van der Waals surface area contributed by atoms with Gasteiger partial charge in [0.1, 0.15) is 0 Å². The van der Waals surface area contributed by atoms with Crippen molar-refractivity contribution in [2.24, 2.45) is 0 Å². The molecule has 2 aromatic rings. The lowest BCUT2D eigenvalue weighted by molar-refractivity contribution is 0.145. The molecule has 3 heterocycles. The summed E-state index contributed by atoms with van der Waals surface area (Å²) in [4.78, 5) is 15.4. The Morgan fingerprint density at radius 1 is 1.24 bits per heavy atom. The second-order valence-corrected chi connectivity index (χ2v) is 4.96. The largest absolute Gasteiger partial charge is 0.393 e. The first-order valence-electron chi connectivity index (χ1n) is 7.19. The number of aliphatic hydroxyl groups excluding tert-OH is 1. The Kier molecular flexibility index (Phi) is 3.96. The number of piperidine rings is 1. The summed E-state index contributed by atoms with van der Waals surface area (Å²) < 4.78 is 1.62. The smallest absolute Gasteiger partial charge is 0.257 e. The zero-order valence-electron chi connectivity index (χ0n) is 12.0. The van der Waals surface area contributed by atoms with Crippen LogP contribution in [0.3, 0.4) is 0 Å². The molecule has 0 aromatic carbocycles. The molecule has 2 N–H and O–H groups in total. The molecule has 0 bridgehead atoms. The highest BCUT2D eigenvalue weighted by Gasteiger charge is 2.20. The van der Waals surface area contributed by atoms with Crippen LogP contribution in [0.2, 0.25) is 0 Å². The van der Waals surface area contributed by atoms with Gasteiger partial charge in [0.25, 0.3) is 5.95 Å². The van der Waals surface area contributed by atoms with E-state index in [-0.39, 0.29) is 6.10 Å². The fourth-order valence-corrected chi connectivity index (χ4v) is 2.29. The van der Waals surface area contributed by atoms with Gasteiger partial charge in [-0.2, -0.15) is 20.1 Å². The molecule has 0 unspecified atom stereocenters. The molecular weight excluding hydrogens is 270 g/mol. The number of aromatic nitrogens is 5. The molecule has 0 aliphatic carbocycles. The molecule has 1 saturated heterocycles. The third kappa shape index (κ3) is 3.10. The fourth-order valence-electron chi connectivity index (χ4n) is 2.29. The monoisotopic (exact) mass is 289 g/mol. The first-order valence-corrected chi connectivity index (χ1v) is 7.19. The van der Waals surface area contributed by atoms with Gasteiger partial charge in [-0.05, 0) is 25.8 Å². The van der Waals surface area contributed by atoms with E-state index < -0.39 is 0 Å². The Labute approximate surface area is 122 Å². The highest BCUT2D eigenvalue weighted by Crippen LogP contribution is 2.18. The number of nitrogens with one attached hydrogen (secondary N) is 1. The minimum atomic E-state index is -0.220. The molecule has 1 aliphatic heterocycles. The summed E-state index contributed by atoms with van der Waals surface area (Å²) in [5.41, 5.74) is 0. The summed E-state index contributed by atoms with van der Waals surface area (Å²) in [5.74, 6) is 1.66. The van der Waals surface area contributed by atoms with E-state index in [0.29, 0.717) is 17.8 Å². The van der Waals surface area contributed by atoms with Gasteiger partial charge in [0.2, 0.25) is 11.9 Å². The van der Waals surface area contributed by atoms with Crippen LogP contribution in [-0.4, -0.2) is 55.6 Å². The van der Waals surface area contributed by atoms with Gasteiger partial charge in [0, 0.05) is 32.0 Å². The van der Waals surface area contributed by atoms with Crippen LogP contribution >= 0.6 is 0 Å². The quantitative estimate of drug-likeness (QED) is 0.844. The van der Waals surface area contributed by atoms with E-state index in [1.165, 1.54) is 0 Å². The zero-order valence-corrected chi connectivity index (χ0v) is 12.0. The average molecular weight is 289 g/mol. The summed E-state index contributed by atoms with van der Waals surface area (Å²) in [6.07, 6.45) is 4.74. The van der Waals surface area contributed by atoms with Crippen LogP contribution in [0.1, 0.15) is 19.8 Å². The maximum atomic E-state index is 9.61. The second-order valence-electron chi connectivity index (χ2n) is 4.96. The minimum Gasteiger partial charge on any atom is -0.393 e. The second kappa shape index (κ2) is 6.04. The number of hydrogen-bond acceptors (Lipinski definition) is 7. The third-order valence-electron chi connectivity index (χ3n) is 3.40. The predicted molar refractivity (Wildman–Crippen MR) is 78.6 cm³/mol. The van der Waals surface area contributed by atoms with Crippen LogP contribution in [0.5, 0.6) is 0 Å². The van der Waals surface area contributed by atoms with E-state index in [9.17, 15) is 5.11 Å². The molecule has 3 rings (SSSR count). The number of anilines is 2. The molecule has 2 aromatic heterocycles. The van der Waals surface area contributed by atoms with E-state index in [1.54, 1.807) is 17.1 Å². The van der Waals surface area contributed by atoms with Gasteiger partial charge >= 0.3 is 0 Å². The maximum Gasteiger partial charge on any atom is 0.257 e. The Hall–Kier alpha value is -2.22. The van der Waals surface area contributed by atoms with Crippen molar-refractivity contribution in [1.82, 2.24) is 24.7 Å². The summed E-state index contributed by atoms with van der Waals surface area (Å²) >= 11 is 0. The van der Waals surface area contributed by atoms with E-state index in [4.69, 9.17) is 0 Å². The average Bonchev–Trinajstić information content (AvgIpc) is 3.02. The van der Waals surface area contributed by atoms with Gasteiger partial charge in [-0.15, -0.1) is 0 Å². The highest BCUT2D eigenvalue weighted by molar-refractivity contribution is 5.40. The Morgan fingerprint density at radius 3 is 2.67 bits per heavy atom. The summed E-state index contributed by atoms with van der Waals surface area (Å²) in [5, 5.41) is 16.9. The van der Waals surface area contributed by atoms with Crippen LogP contribution in [0, 0.1) is 0 Å². The molecule has 0 spiro atoms. The first kappa shape index (κ1) is 13.7. The summed E-state index contributed by atoms with van der Waals surface area (Å²) in [7, 11) is 0. The van der Waals surface area contributed by atoms with Crippen molar-refractivity contribution in [3.05, 3.63) is 18.5 Å². The van der Waals surface area contributed by atoms with Gasteiger partial charge in [-0.3, -0.25) is 0 Å². The summed E-state index contributed by atoms with van der Waals surface area (Å²) in [6.45, 7) is 4.22. The zero-order chi connectivity index (χ0) is 14.7. The Balaban J connectivity index is 1.91. The van der Waals surface area contributed by atoms with Crippen molar-refractivity contribution in [1.29, 1.82) is 0 Å². The molecular formula is C13H19N7O. The molecule has 21 heavy (non-hydrogen) atoms. The Morgan fingerprint density at radius 2 is 2.00 bits per heavy atom. The van der Waals surface area contributed by atoms with Crippen molar-refractivity contribution in [2.75, 3.05) is 29.9 Å². The number of aliphatic hydroxyl groups is 1. The molecule has 0 atom stereocenters. The van der Waals surface area contributed by atoms with Crippen LogP contribution in [0.15, 0.2) is 18.5 Å². The van der Waals surface area contributed by atoms with Gasteiger partial charge in [0.05, 0.1) is 6.10 Å². The van der Waals surface area contributed by atoms with Crippen molar-refractivity contribution in [3.8, 4) is 5.95 Å². The minimum absolute atomic E-state index is 0.220. The van der Waals surface area contributed by atoms with Crippen molar-refractivity contribution < 1.29 is 5.11 Å². The predicted octanol–water partition coefficient (Wildman–Crippen LogP) is 0.450. The molecule has 1 fully saturated rings. The lowest BCUT2D eigenvalue weighted by Gasteiger charge is -2.29. The van der Waals surface area contributed by atoms with Crippen molar-refractivity contribution in [3.63, 3.8) is 0 Å². The van der Waals surface area contributed by atoms with Crippen LogP contribution in [-0.2, 0) is 0 Å². The molecule has 112 valence electrons. The highest BCUT2D eigenvalue weighted by atomic mass is 16.3. The lowest BCUT2D eigenvalue weighted by Crippen LogP contribution is -2.37. The maximum absolute atomic E-state index is 9.61. The number of hydrogen-bond donors (Lipinski definition) is 2. The molecule has 8 nitrogen and oxygen atoms in total.